The number of nitrogens with one attached hydrogen (secondary N) is 1. The number of sulfonamides is 1. The average Bonchev–Trinajstić information content (AvgIpc) is 2.71. The van der Waals surface area contributed by atoms with E-state index in [0.29, 0.717) is 37.8 Å². The molecule has 1 amide bonds. The SMILES string of the molecule is CCOc1ccc(S(=O)(=O)N2CCC[C@H](C(=O)Nc3ccc(F)cc3F)C2)cc1. The topological polar surface area (TPSA) is 75.7 Å². The summed E-state index contributed by atoms with van der Waals surface area (Å²) < 4.78 is 59.2. The van der Waals surface area contributed by atoms with Crippen LogP contribution < -0.4 is 10.1 Å². The quantitative estimate of drug-likeness (QED) is 0.771. The van der Waals surface area contributed by atoms with Gasteiger partial charge in [0.05, 0.1) is 23.1 Å². The molecule has 1 saturated heterocycles. The molecule has 1 fully saturated rings. The molecule has 2 aromatic rings. The van der Waals surface area contributed by atoms with Crippen LogP contribution in [0.25, 0.3) is 0 Å². The second-order valence-corrected chi connectivity index (χ2v) is 8.66. The van der Waals surface area contributed by atoms with Gasteiger partial charge in [0.25, 0.3) is 0 Å². The van der Waals surface area contributed by atoms with Gasteiger partial charge in [0, 0.05) is 19.2 Å². The molecule has 29 heavy (non-hydrogen) atoms. The predicted octanol–water partition coefficient (Wildman–Crippen LogP) is 3.40. The van der Waals surface area contributed by atoms with Crippen molar-refractivity contribution in [3.05, 3.63) is 54.1 Å². The second kappa shape index (κ2) is 8.87. The lowest BCUT2D eigenvalue weighted by atomic mass is 9.98. The Balaban J connectivity index is 1.71. The van der Waals surface area contributed by atoms with E-state index in [2.05, 4.69) is 5.32 Å². The fourth-order valence-corrected chi connectivity index (χ4v) is 4.75. The van der Waals surface area contributed by atoms with Crippen LogP contribution in [0, 0.1) is 17.6 Å². The molecule has 1 atom stereocenters. The molecule has 1 aliphatic heterocycles. The molecule has 1 aliphatic rings. The average molecular weight is 424 g/mol. The Kier molecular flexibility index (Phi) is 6.49. The molecule has 9 heteroatoms. The van der Waals surface area contributed by atoms with E-state index in [0.717, 1.165) is 12.1 Å². The smallest absolute Gasteiger partial charge is 0.243 e. The van der Waals surface area contributed by atoms with Gasteiger partial charge in [0.1, 0.15) is 17.4 Å². The van der Waals surface area contributed by atoms with E-state index in [1.165, 1.54) is 16.4 Å². The highest BCUT2D eigenvalue weighted by molar-refractivity contribution is 7.89. The van der Waals surface area contributed by atoms with Crippen molar-refractivity contribution in [3.8, 4) is 5.75 Å². The van der Waals surface area contributed by atoms with Crippen molar-refractivity contribution in [2.75, 3.05) is 25.0 Å². The summed E-state index contributed by atoms with van der Waals surface area (Å²) in [6.45, 7) is 2.60. The number of ether oxygens (including phenoxy) is 1. The van der Waals surface area contributed by atoms with Gasteiger partial charge < -0.3 is 10.1 Å². The zero-order valence-corrected chi connectivity index (χ0v) is 16.7. The second-order valence-electron chi connectivity index (χ2n) is 6.72. The summed E-state index contributed by atoms with van der Waals surface area (Å²) in [5, 5.41) is 2.42. The van der Waals surface area contributed by atoms with Gasteiger partial charge >= 0.3 is 0 Å². The molecule has 6 nitrogen and oxygen atoms in total. The van der Waals surface area contributed by atoms with E-state index in [1.54, 1.807) is 12.1 Å². The first-order valence-electron chi connectivity index (χ1n) is 9.30. The first kappa shape index (κ1) is 21.2. The molecule has 0 aromatic heterocycles. The lowest BCUT2D eigenvalue weighted by Crippen LogP contribution is -2.43. The van der Waals surface area contributed by atoms with Crippen molar-refractivity contribution in [1.82, 2.24) is 4.31 Å². The third kappa shape index (κ3) is 4.91. The maximum atomic E-state index is 13.8. The standard InChI is InChI=1S/C20H22F2N2O4S/c1-2-28-16-6-8-17(9-7-16)29(26,27)24-11-3-4-14(13-24)20(25)23-19-10-5-15(21)12-18(19)22/h5-10,12,14H,2-4,11,13H2,1H3,(H,23,25)/t14-/m0/s1. The number of benzene rings is 2. The molecule has 0 aliphatic carbocycles. The molecule has 0 unspecified atom stereocenters. The van der Waals surface area contributed by atoms with Gasteiger partial charge in [-0.3, -0.25) is 4.79 Å². The summed E-state index contributed by atoms with van der Waals surface area (Å²) in [6, 6.07) is 8.97. The van der Waals surface area contributed by atoms with Gasteiger partial charge in [0.2, 0.25) is 15.9 Å². The summed E-state index contributed by atoms with van der Waals surface area (Å²) in [6.07, 6.45) is 0.976. The van der Waals surface area contributed by atoms with Gasteiger partial charge in [-0.15, -0.1) is 0 Å². The Morgan fingerprint density at radius 3 is 2.59 bits per heavy atom. The number of carbonyl (C=O) groups is 1. The highest BCUT2D eigenvalue weighted by atomic mass is 32.2. The molecule has 0 radical (unpaired) electrons. The monoisotopic (exact) mass is 424 g/mol. The fraction of sp³-hybridized carbons (Fsp3) is 0.350. The Morgan fingerprint density at radius 2 is 1.93 bits per heavy atom. The summed E-state index contributed by atoms with van der Waals surface area (Å²) >= 11 is 0. The molecule has 156 valence electrons. The van der Waals surface area contributed by atoms with Gasteiger partial charge in [-0.2, -0.15) is 4.31 Å². The number of hydrogen-bond acceptors (Lipinski definition) is 4. The van der Waals surface area contributed by atoms with Crippen LogP contribution in [0.2, 0.25) is 0 Å². The van der Waals surface area contributed by atoms with Crippen LogP contribution in [-0.4, -0.2) is 38.3 Å². The predicted molar refractivity (Wildman–Crippen MR) is 104 cm³/mol. The van der Waals surface area contributed by atoms with E-state index in [1.807, 2.05) is 6.92 Å². The molecule has 3 rings (SSSR count). The lowest BCUT2D eigenvalue weighted by Gasteiger charge is -2.31. The zero-order valence-electron chi connectivity index (χ0n) is 15.9. The summed E-state index contributed by atoms with van der Waals surface area (Å²) in [5.41, 5.74) is -0.136. The summed E-state index contributed by atoms with van der Waals surface area (Å²) in [4.78, 5) is 12.6. The first-order valence-corrected chi connectivity index (χ1v) is 10.7. The molecule has 1 N–H and O–H groups in total. The van der Waals surface area contributed by atoms with Crippen molar-refractivity contribution in [1.29, 1.82) is 0 Å². The largest absolute Gasteiger partial charge is 0.494 e. The van der Waals surface area contributed by atoms with Crippen LogP contribution in [0.3, 0.4) is 0 Å². The Hall–Kier alpha value is -2.52. The van der Waals surface area contributed by atoms with Gasteiger partial charge in [-0.1, -0.05) is 0 Å². The number of amides is 1. The Bertz CT molecular complexity index is 980. The van der Waals surface area contributed by atoms with Crippen LogP contribution in [0.4, 0.5) is 14.5 Å². The summed E-state index contributed by atoms with van der Waals surface area (Å²) in [7, 11) is -3.77. The Morgan fingerprint density at radius 1 is 1.21 bits per heavy atom. The molecule has 0 bridgehead atoms. The first-order chi connectivity index (χ1) is 13.8. The van der Waals surface area contributed by atoms with Crippen molar-refractivity contribution in [3.63, 3.8) is 0 Å². The molecule has 2 aromatic carbocycles. The van der Waals surface area contributed by atoms with E-state index >= 15 is 0 Å². The van der Waals surface area contributed by atoms with Crippen LogP contribution in [-0.2, 0) is 14.8 Å². The normalized spacial score (nSPS) is 17.7. The van der Waals surface area contributed by atoms with Crippen LogP contribution in [0.15, 0.2) is 47.4 Å². The third-order valence-electron chi connectivity index (χ3n) is 4.72. The third-order valence-corrected chi connectivity index (χ3v) is 6.60. The molecule has 0 spiro atoms. The van der Waals surface area contributed by atoms with E-state index < -0.39 is 33.5 Å². The molecule has 0 saturated carbocycles. The number of carbonyl (C=O) groups excluding carboxylic acids is 1. The van der Waals surface area contributed by atoms with E-state index in [9.17, 15) is 22.0 Å². The number of nitrogens with zero attached hydrogens (tertiary/aromatic N) is 1. The van der Waals surface area contributed by atoms with Crippen molar-refractivity contribution in [2.24, 2.45) is 5.92 Å². The number of rotatable bonds is 6. The fourth-order valence-electron chi connectivity index (χ4n) is 3.22. The number of hydrogen-bond donors (Lipinski definition) is 1. The highest BCUT2D eigenvalue weighted by Crippen LogP contribution is 2.26. The van der Waals surface area contributed by atoms with Crippen LogP contribution in [0.1, 0.15) is 19.8 Å². The lowest BCUT2D eigenvalue weighted by molar-refractivity contribution is -0.120. The molecular formula is C20H22F2N2O4S. The molecular weight excluding hydrogens is 402 g/mol. The van der Waals surface area contributed by atoms with Gasteiger partial charge in [-0.05, 0) is 56.2 Å². The van der Waals surface area contributed by atoms with Crippen LogP contribution in [0.5, 0.6) is 5.75 Å². The minimum absolute atomic E-state index is 0.00973. The van der Waals surface area contributed by atoms with E-state index in [4.69, 9.17) is 4.74 Å². The van der Waals surface area contributed by atoms with Crippen molar-refractivity contribution < 1.29 is 26.7 Å². The van der Waals surface area contributed by atoms with Crippen molar-refractivity contribution >= 4 is 21.6 Å². The summed E-state index contributed by atoms with van der Waals surface area (Å²) in [5.74, 6) is -2.18. The van der Waals surface area contributed by atoms with Crippen LogP contribution >= 0.6 is 0 Å². The minimum Gasteiger partial charge on any atom is -0.494 e. The minimum atomic E-state index is -3.77. The highest BCUT2D eigenvalue weighted by Gasteiger charge is 2.33. The van der Waals surface area contributed by atoms with Crippen molar-refractivity contribution in [2.45, 2.75) is 24.7 Å². The van der Waals surface area contributed by atoms with Gasteiger partial charge in [-0.25, -0.2) is 17.2 Å². The Labute approximate surface area is 168 Å². The van der Waals surface area contributed by atoms with E-state index in [-0.39, 0.29) is 17.1 Å². The van der Waals surface area contributed by atoms with Gasteiger partial charge in [0.15, 0.2) is 0 Å². The molecule has 1 heterocycles. The number of piperidine rings is 1. The maximum Gasteiger partial charge on any atom is 0.243 e. The number of anilines is 1. The maximum absolute atomic E-state index is 13.8. The number of halogens is 2. The zero-order chi connectivity index (χ0) is 21.0.